The molecule has 4 rings (SSSR count). The summed E-state index contributed by atoms with van der Waals surface area (Å²) in [5.74, 6) is -0.488. The number of aryl methyl sites for hydroxylation is 2. The molecular weight excluding hydrogens is 335 g/mol. The number of fused-ring (bicyclic) bond motifs is 2. The molecule has 2 N–H and O–H groups in total. The molecule has 1 amide bonds. The average Bonchev–Trinajstić information content (AvgIpc) is 3.18. The normalized spacial score (nSPS) is 11.3. The van der Waals surface area contributed by atoms with Crippen LogP contribution < -0.4 is 5.32 Å². The molecule has 3 aromatic heterocycles. The Morgan fingerprint density at radius 1 is 1.31 bits per heavy atom. The summed E-state index contributed by atoms with van der Waals surface area (Å²) in [5, 5.41) is 8.25. The van der Waals surface area contributed by atoms with Crippen molar-refractivity contribution in [3.63, 3.8) is 0 Å². The fraction of sp³-hybridized carbons (Fsp3) is 0.211. The number of pyridine rings is 1. The van der Waals surface area contributed by atoms with Crippen molar-refractivity contribution in [2.75, 3.05) is 6.54 Å². The lowest BCUT2D eigenvalue weighted by Crippen LogP contribution is -2.26. The molecule has 0 aliphatic heterocycles. The largest absolute Gasteiger partial charge is 0.361 e. The molecule has 0 saturated heterocycles. The van der Waals surface area contributed by atoms with Crippen molar-refractivity contribution < 1.29 is 13.7 Å². The van der Waals surface area contributed by atoms with Crippen LogP contribution in [0.5, 0.6) is 0 Å². The van der Waals surface area contributed by atoms with Crippen molar-refractivity contribution in [1.29, 1.82) is 0 Å². The molecule has 132 valence electrons. The van der Waals surface area contributed by atoms with Crippen molar-refractivity contribution in [3.05, 3.63) is 58.8 Å². The number of halogens is 1. The van der Waals surface area contributed by atoms with Crippen molar-refractivity contribution in [1.82, 2.24) is 20.4 Å². The van der Waals surface area contributed by atoms with Gasteiger partial charge in [-0.05, 0) is 50.1 Å². The molecule has 0 saturated carbocycles. The van der Waals surface area contributed by atoms with E-state index >= 15 is 0 Å². The van der Waals surface area contributed by atoms with Crippen LogP contribution in [-0.4, -0.2) is 27.6 Å². The average molecular weight is 352 g/mol. The summed E-state index contributed by atoms with van der Waals surface area (Å²) < 4.78 is 18.6. The monoisotopic (exact) mass is 352 g/mol. The van der Waals surface area contributed by atoms with Crippen LogP contribution >= 0.6 is 0 Å². The first-order chi connectivity index (χ1) is 12.5. The number of aromatic amines is 1. The van der Waals surface area contributed by atoms with Gasteiger partial charge in [0.1, 0.15) is 5.82 Å². The molecule has 0 fully saturated rings. The van der Waals surface area contributed by atoms with Crippen LogP contribution in [0.3, 0.4) is 0 Å². The summed E-state index contributed by atoms with van der Waals surface area (Å²) in [6.07, 6.45) is 2.43. The molecule has 26 heavy (non-hydrogen) atoms. The SMILES string of the molecule is Cc1cc(C(=O)NCCc2c[nH]c3ccc(F)cc23)c2c(C)noc2n1. The first kappa shape index (κ1) is 16.3. The lowest BCUT2D eigenvalue weighted by atomic mass is 10.1. The minimum atomic E-state index is -0.278. The number of hydrogen-bond acceptors (Lipinski definition) is 4. The highest BCUT2D eigenvalue weighted by atomic mass is 19.1. The lowest BCUT2D eigenvalue weighted by Gasteiger charge is -2.07. The highest BCUT2D eigenvalue weighted by Gasteiger charge is 2.17. The Kier molecular flexibility index (Phi) is 3.91. The van der Waals surface area contributed by atoms with Gasteiger partial charge in [-0.3, -0.25) is 4.79 Å². The summed E-state index contributed by atoms with van der Waals surface area (Å²) >= 11 is 0. The van der Waals surface area contributed by atoms with Crippen LogP contribution in [-0.2, 0) is 6.42 Å². The van der Waals surface area contributed by atoms with E-state index in [1.54, 1.807) is 26.0 Å². The van der Waals surface area contributed by atoms with Crippen LogP contribution in [0, 0.1) is 19.7 Å². The lowest BCUT2D eigenvalue weighted by molar-refractivity contribution is 0.0955. The Labute approximate surface area is 148 Å². The molecule has 0 atom stereocenters. The highest BCUT2D eigenvalue weighted by molar-refractivity contribution is 6.06. The number of benzene rings is 1. The van der Waals surface area contributed by atoms with Gasteiger partial charge in [-0.15, -0.1) is 0 Å². The molecule has 1 aromatic carbocycles. The van der Waals surface area contributed by atoms with E-state index in [4.69, 9.17) is 4.52 Å². The van der Waals surface area contributed by atoms with Crippen LogP contribution in [0.1, 0.15) is 27.3 Å². The first-order valence-corrected chi connectivity index (χ1v) is 8.30. The second-order valence-corrected chi connectivity index (χ2v) is 6.27. The zero-order valence-electron chi connectivity index (χ0n) is 14.4. The van der Waals surface area contributed by atoms with Crippen LogP contribution in [0.2, 0.25) is 0 Å². The molecule has 3 heterocycles. The van der Waals surface area contributed by atoms with Gasteiger partial charge in [-0.1, -0.05) is 5.16 Å². The van der Waals surface area contributed by atoms with Gasteiger partial charge in [0, 0.05) is 29.3 Å². The third-order valence-corrected chi connectivity index (χ3v) is 4.40. The number of aromatic nitrogens is 3. The van der Waals surface area contributed by atoms with Crippen molar-refractivity contribution in [2.45, 2.75) is 20.3 Å². The van der Waals surface area contributed by atoms with Crippen molar-refractivity contribution in [2.24, 2.45) is 0 Å². The standard InChI is InChI=1S/C19H17FN4O2/c1-10-7-15(17-11(2)24-26-19(17)23-10)18(25)21-6-5-12-9-22-16-4-3-13(20)8-14(12)16/h3-4,7-9,22H,5-6H2,1-2H3,(H,21,25). The second kappa shape index (κ2) is 6.25. The van der Waals surface area contributed by atoms with Crippen LogP contribution in [0.4, 0.5) is 4.39 Å². The number of carbonyl (C=O) groups excluding carboxylic acids is 1. The smallest absolute Gasteiger partial charge is 0.258 e. The molecule has 0 aliphatic rings. The number of nitrogens with zero attached hydrogens (tertiary/aromatic N) is 2. The van der Waals surface area contributed by atoms with E-state index in [2.05, 4.69) is 20.4 Å². The fourth-order valence-corrected chi connectivity index (χ4v) is 3.16. The maximum absolute atomic E-state index is 13.5. The molecule has 0 aliphatic carbocycles. The Bertz CT molecular complexity index is 1130. The van der Waals surface area contributed by atoms with Gasteiger partial charge < -0.3 is 14.8 Å². The Morgan fingerprint density at radius 3 is 3.00 bits per heavy atom. The Morgan fingerprint density at radius 2 is 2.15 bits per heavy atom. The minimum Gasteiger partial charge on any atom is -0.361 e. The highest BCUT2D eigenvalue weighted by Crippen LogP contribution is 2.22. The molecular formula is C19H17FN4O2. The van der Waals surface area contributed by atoms with Crippen molar-refractivity contribution in [3.8, 4) is 0 Å². The van der Waals surface area contributed by atoms with Gasteiger partial charge in [-0.2, -0.15) is 0 Å². The zero-order chi connectivity index (χ0) is 18.3. The molecule has 0 spiro atoms. The van der Waals surface area contributed by atoms with Gasteiger partial charge in [0.25, 0.3) is 11.6 Å². The van der Waals surface area contributed by atoms with Gasteiger partial charge >= 0.3 is 0 Å². The first-order valence-electron chi connectivity index (χ1n) is 8.30. The summed E-state index contributed by atoms with van der Waals surface area (Å²) in [4.78, 5) is 20.0. The zero-order valence-corrected chi connectivity index (χ0v) is 14.4. The molecule has 7 heteroatoms. The topological polar surface area (TPSA) is 83.8 Å². The number of amides is 1. The van der Waals surface area contributed by atoms with Crippen LogP contribution in [0.15, 0.2) is 35.0 Å². The van der Waals surface area contributed by atoms with E-state index in [1.165, 1.54) is 12.1 Å². The maximum Gasteiger partial charge on any atom is 0.258 e. The van der Waals surface area contributed by atoms with E-state index in [-0.39, 0.29) is 11.7 Å². The Hall–Kier alpha value is -3.22. The maximum atomic E-state index is 13.5. The summed E-state index contributed by atoms with van der Waals surface area (Å²) in [6, 6.07) is 6.35. The third-order valence-electron chi connectivity index (χ3n) is 4.40. The number of rotatable bonds is 4. The third kappa shape index (κ3) is 2.81. The number of hydrogen-bond donors (Lipinski definition) is 2. The summed E-state index contributed by atoms with van der Waals surface area (Å²) in [5.41, 5.74) is 4.00. The van der Waals surface area contributed by atoms with Gasteiger partial charge in [0.15, 0.2) is 0 Å². The van der Waals surface area contributed by atoms with Crippen molar-refractivity contribution >= 4 is 27.9 Å². The summed E-state index contributed by atoms with van der Waals surface area (Å²) in [6.45, 7) is 4.00. The summed E-state index contributed by atoms with van der Waals surface area (Å²) in [7, 11) is 0. The number of H-pyrrole nitrogens is 1. The minimum absolute atomic E-state index is 0.210. The molecule has 0 unspecified atom stereocenters. The molecule has 6 nitrogen and oxygen atoms in total. The molecule has 4 aromatic rings. The molecule has 0 bridgehead atoms. The van der Waals surface area contributed by atoms with Crippen LogP contribution in [0.25, 0.3) is 22.0 Å². The molecule has 0 radical (unpaired) electrons. The van der Waals surface area contributed by atoms with Gasteiger partial charge in [-0.25, -0.2) is 9.37 Å². The van der Waals surface area contributed by atoms with E-state index < -0.39 is 0 Å². The fourth-order valence-electron chi connectivity index (χ4n) is 3.16. The predicted octanol–water partition coefficient (Wildman–Crippen LogP) is 3.43. The number of nitrogens with one attached hydrogen (secondary N) is 2. The Balaban J connectivity index is 1.52. The quantitative estimate of drug-likeness (QED) is 0.589. The van der Waals surface area contributed by atoms with E-state index in [1.807, 2.05) is 6.20 Å². The second-order valence-electron chi connectivity index (χ2n) is 6.27. The van der Waals surface area contributed by atoms with Gasteiger partial charge in [0.05, 0.1) is 16.6 Å². The van der Waals surface area contributed by atoms with E-state index in [0.29, 0.717) is 41.0 Å². The van der Waals surface area contributed by atoms with E-state index in [9.17, 15) is 9.18 Å². The predicted molar refractivity (Wildman–Crippen MR) is 95.6 cm³/mol. The number of carbonyl (C=O) groups is 1. The van der Waals surface area contributed by atoms with E-state index in [0.717, 1.165) is 16.5 Å². The van der Waals surface area contributed by atoms with Gasteiger partial charge in [0.2, 0.25) is 0 Å².